The molecule has 0 aliphatic carbocycles. The minimum absolute atomic E-state index is 0.0556. The number of hydrogen-bond acceptors (Lipinski definition) is 4. The molecule has 1 amide bonds. The average Bonchev–Trinajstić information content (AvgIpc) is 3.18. The summed E-state index contributed by atoms with van der Waals surface area (Å²) in [5.74, 6) is 0.0556. The Kier molecular flexibility index (Phi) is 5.35. The van der Waals surface area contributed by atoms with Crippen LogP contribution in [0.4, 0.5) is 5.69 Å². The second kappa shape index (κ2) is 8.31. The van der Waals surface area contributed by atoms with Crippen LogP contribution in [0, 0.1) is 6.92 Å². The number of aromatic nitrogens is 3. The number of amides is 1. The van der Waals surface area contributed by atoms with Gasteiger partial charge < -0.3 is 14.8 Å². The summed E-state index contributed by atoms with van der Waals surface area (Å²) in [6.45, 7) is 5.20. The second-order valence-corrected chi connectivity index (χ2v) is 8.67. The maximum absolute atomic E-state index is 12.9. The molecule has 0 bridgehead atoms. The molecule has 1 aliphatic heterocycles. The van der Waals surface area contributed by atoms with E-state index in [-0.39, 0.29) is 17.9 Å². The smallest absolute Gasteiger partial charge is 0.277 e. The Bertz CT molecular complexity index is 1350. The maximum Gasteiger partial charge on any atom is 0.277 e. The molecule has 5 rings (SSSR count). The predicted octanol–water partition coefficient (Wildman–Crippen LogP) is 3.58. The summed E-state index contributed by atoms with van der Waals surface area (Å²) >= 11 is 5.97. The molecule has 0 spiro atoms. The lowest BCUT2D eigenvalue weighted by molar-refractivity contribution is -0.131. The van der Waals surface area contributed by atoms with E-state index in [0.29, 0.717) is 35.7 Å². The van der Waals surface area contributed by atoms with Crippen molar-refractivity contribution < 1.29 is 4.79 Å². The van der Waals surface area contributed by atoms with Crippen LogP contribution in [-0.2, 0) is 11.3 Å². The fourth-order valence-corrected chi connectivity index (χ4v) is 4.43. The zero-order valence-electron chi connectivity index (χ0n) is 17.8. The molecule has 2 aromatic heterocycles. The van der Waals surface area contributed by atoms with Crippen molar-refractivity contribution in [2.45, 2.75) is 19.9 Å². The van der Waals surface area contributed by atoms with Crippen LogP contribution in [0.15, 0.2) is 53.6 Å². The van der Waals surface area contributed by atoms with Crippen molar-refractivity contribution in [3.8, 4) is 0 Å². The van der Waals surface area contributed by atoms with E-state index >= 15 is 0 Å². The first-order valence-electron chi connectivity index (χ1n) is 10.8. The highest BCUT2D eigenvalue weighted by molar-refractivity contribution is 6.30. The van der Waals surface area contributed by atoms with Crippen molar-refractivity contribution in [1.82, 2.24) is 19.4 Å². The molecule has 1 saturated heterocycles. The Hall–Kier alpha value is -3.32. The van der Waals surface area contributed by atoms with Crippen molar-refractivity contribution in [2.75, 3.05) is 31.1 Å². The summed E-state index contributed by atoms with van der Waals surface area (Å²) in [7, 11) is 0. The number of rotatable bonds is 4. The zero-order chi connectivity index (χ0) is 22.2. The number of benzene rings is 2. The molecule has 1 N–H and O–H groups in total. The number of nitrogens with one attached hydrogen (secondary N) is 1. The lowest BCUT2D eigenvalue weighted by Gasteiger charge is -2.36. The van der Waals surface area contributed by atoms with Crippen LogP contribution < -0.4 is 10.5 Å². The quantitative estimate of drug-likeness (QED) is 0.516. The van der Waals surface area contributed by atoms with Gasteiger partial charge in [0, 0.05) is 60.8 Å². The van der Waals surface area contributed by atoms with Crippen LogP contribution in [0.25, 0.3) is 21.9 Å². The van der Waals surface area contributed by atoms with E-state index < -0.39 is 0 Å². The van der Waals surface area contributed by atoms with Gasteiger partial charge in [-0.1, -0.05) is 23.2 Å². The lowest BCUT2D eigenvalue weighted by Crippen LogP contribution is -2.49. The molecule has 2 aromatic carbocycles. The van der Waals surface area contributed by atoms with Gasteiger partial charge in [-0.05, 0) is 43.3 Å². The Labute approximate surface area is 190 Å². The number of halogens is 1. The van der Waals surface area contributed by atoms with Gasteiger partial charge in [-0.2, -0.15) is 0 Å². The van der Waals surface area contributed by atoms with Crippen LogP contribution in [0.2, 0.25) is 5.02 Å². The van der Waals surface area contributed by atoms with Gasteiger partial charge in [-0.15, -0.1) is 0 Å². The van der Waals surface area contributed by atoms with Crippen LogP contribution >= 0.6 is 11.6 Å². The molecule has 7 nitrogen and oxygen atoms in total. The third-order valence-corrected chi connectivity index (χ3v) is 6.37. The highest BCUT2D eigenvalue weighted by Crippen LogP contribution is 2.22. The number of fused-ring (bicyclic) bond motifs is 3. The number of anilines is 1. The number of H-pyrrole nitrogens is 1. The summed E-state index contributed by atoms with van der Waals surface area (Å²) in [5, 5.41) is 1.66. The molecule has 8 heteroatoms. The summed E-state index contributed by atoms with van der Waals surface area (Å²) in [6.07, 6.45) is 1.82. The standard InChI is InChI=1S/C24H24ClN5O2/c1-16-2-7-20-19(14-16)22-23(27-20)24(32)30(15-26-22)9-8-21(31)29-12-10-28(11-13-29)18-5-3-17(25)4-6-18/h2-7,14-15,27H,8-13H2,1H3. The van der Waals surface area contributed by atoms with E-state index in [1.807, 2.05) is 54.3 Å². The van der Waals surface area contributed by atoms with E-state index in [1.54, 1.807) is 6.33 Å². The number of aryl methyl sites for hydroxylation is 2. The minimum atomic E-state index is -0.149. The van der Waals surface area contributed by atoms with Crippen LogP contribution in [0.5, 0.6) is 0 Å². The first-order valence-corrected chi connectivity index (χ1v) is 11.1. The Balaban J connectivity index is 1.24. The Morgan fingerprint density at radius 3 is 2.59 bits per heavy atom. The van der Waals surface area contributed by atoms with E-state index in [2.05, 4.69) is 14.9 Å². The Morgan fingerprint density at radius 1 is 1.09 bits per heavy atom. The minimum Gasteiger partial charge on any atom is -0.368 e. The summed E-state index contributed by atoms with van der Waals surface area (Å²) in [6, 6.07) is 13.8. The first kappa shape index (κ1) is 20.6. The average molecular weight is 450 g/mol. The molecule has 1 fully saturated rings. The molecule has 4 aromatic rings. The SMILES string of the molecule is Cc1ccc2[nH]c3c(=O)n(CCC(=O)N4CCN(c5ccc(Cl)cc5)CC4)cnc3c2c1. The monoisotopic (exact) mass is 449 g/mol. The third kappa shape index (κ3) is 3.84. The molecule has 0 radical (unpaired) electrons. The van der Waals surface area contributed by atoms with Crippen LogP contribution in [0.1, 0.15) is 12.0 Å². The number of carbonyl (C=O) groups excluding carboxylic acids is 1. The van der Waals surface area contributed by atoms with E-state index in [1.165, 1.54) is 4.57 Å². The van der Waals surface area contributed by atoms with Gasteiger partial charge in [0.1, 0.15) is 11.0 Å². The summed E-state index contributed by atoms with van der Waals surface area (Å²) in [5.41, 5.74) is 4.13. The first-order chi connectivity index (χ1) is 15.5. The number of carbonyl (C=O) groups is 1. The molecule has 0 atom stereocenters. The number of aromatic amines is 1. The molecular weight excluding hydrogens is 426 g/mol. The Morgan fingerprint density at radius 2 is 1.84 bits per heavy atom. The molecular formula is C24H24ClN5O2. The van der Waals surface area contributed by atoms with Gasteiger partial charge in [0.05, 0.1) is 6.33 Å². The molecule has 1 aliphatic rings. The molecule has 0 unspecified atom stereocenters. The van der Waals surface area contributed by atoms with E-state index in [0.717, 1.165) is 35.2 Å². The maximum atomic E-state index is 12.9. The predicted molar refractivity (Wildman–Crippen MR) is 127 cm³/mol. The van der Waals surface area contributed by atoms with E-state index in [9.17, 15) is 9.59 Å². The fraction of sp³-hybridized carbons (Fsp3) is 0.292. The third-order valence-electron chi connectivity index (χ3n) is 6.12. The zero-order valence-corrected chi connectivity index (χ0v) is 18.6. The highest BCUT2D eigenvalue weighted by atomic mass is 35.5. The van der Waals surface area contributed by atoms with Crippen molar-refractivity contribution in [3.63, 3.8) is 0 Å². The van der Waals surface area contributed by atoms with Crippen LogP contribution in [-0.4, -0.2) is 51.5 Å². The van der Waals surface area contributed by atoms with Gasteiger partial charge in [0.2, 0.25) is 5.91 Å². The number of hydrogen-bond donors (Lipinski definition) is 1. The lowest BCUT2D eigenvalue weighted by atomic mass is 10.2. The highest BCUT2D eigenvalue weighted by Gasteiger charge is 2.21. The van der Waals surface area contributed by atoms with Gasteiger partial charge in [0.15, 0.2) is 0 Å². The summed E-state index contributed by atoms with van der Waals surface area (Å²) < 4.78 is 1.52. The largest absolute Gasteiger partial charge is 0.368 e. The van der Waals surface area contributed by atoms with Crippen molar-refractivity contribution in [3.05, 3.63) is 69.7 Å². The molecule has 0 saturated carbocycles. The fourth-order valence-electron chi connectivity index (χ4n) is 4.30. The van der Waals surface area contributed by atoms with Gasteiger partial charge in [-0.25, -0.2) is 4.98 Å². The second-order valence-electron chi connectivity index (χ2n) is 8.24. The van der Waals surface area contributed by atoms with Gasteiger partial charge in [-0.3, -0.25) is 14.2 Å². The normalized spacial score (nSPS) is 14.4. The van der Waals surface area contributed by atoms with Gasteiger partial charge in [0.25, 0.3) is 5.56 Å². The van der Waals surface area contributed by atoms with Crippen LogP contribution in [0.3, 0.4) is 0 Å². The summed E-state index contributed by atoms with van der Waals surface area (Å²) in [4.78, 5) is 37.5. The van der Waals surface area contributed by atoms with Gasteiger partial charge >= 0.3 is 0 Å². The van der Waals surface area contributed by atoms with Crippen molar-refractivity contribution in [1.29, 1.82) is 0 Å². The van der Waals surface area contributed by atoms with Crippen molar-refractivity contribution >= 4 is 45.1 Å². The molecule has 164 valence electrons. The number of piperazine rings is 1. The van der Waals surface area contributed by atoms with Crippen molar-refractivity contribution in [2.24, 2.45) is 0 Å². The molecule has 3 heterocycles. The van der Waals surface area contributed by atoms with E-state index in [4.69, 9.17) is 11.6 Å². The topological polar surface area (TPSA) is 74.2 Å². The number of nitrogens with zero attached hydrogens (tertiary/aromatic N) is 4. The molecule has 32 heavy (non-hydrogen) atoms.